The highest BCUT2D eigenvalue weighted by Gasteiger charge is 2.25. The Bertz CT molecular complexity index is 567. The number of ether oxygens (including phenoxy) is 2. The number of carbonyl (C=O) groups excluding carboxylic acids is 1. The van der Waals surface area contributed by atoms with E-state index in [1.165, 1.54) is 12.8 Å². The molecule has 0 saturated carbocycles. The van der Waals surface area contributed by atoms with Crippen molar-refractivity contribution in [2.24, 2.45) is 0 Å². The van der Waals surface area contributed by atoms with Crippen LogP contribution in [0.5, 0.6) is 5.75 Å². The van der Waals surface area contributed by atoms with E-state index in [0.717, 1.165) is 39.1 Å². The Balaban J connectivity index is 1.49. The van der Waals surface area contributed by atoms with E-state index < -0.39 is 0 Å². The fraction of sp³-hybridized carbons (Fsp3) is 0.611. The second-order valence-electron chi connectivity index (χ2n) is 6.53. The van der Waals surface area contributed by atoms with Crippen molar-refractivity contribution in [3.8, 4) is 5.75 Å². The van der Waals surface area contributed by atoms with Crippen LogP contribution in [0.2, 0.25) is 5.02 Å². The molecule has 1 unspecified atom stereocenters. The molecule has 0 radical (unpaired) electrons. The molecule has 1 aromatic carbocycles. The number of piperidine rings is 1. The average molecular weight is 353 g/mol. The first-order valence-corrected chi connectivity index (χ1v) is 9.02. The summed E-state index contributed by atoms with van der Waals surface area (Å²) in [5, 5.41) is 3.68. The second-order valence-corrected chi connectivity index (χ2v) is 6.96. The van der Waals surface area contributed by atoms with Crippen molar-refractivity contribution in [3.63, 3.8) is 0 Å². The number of likely N-dealkylation sites (tertiary alicyclic amines) is 1. The minimum Gasteiger partial charge on any atom is -0.496 e. The molecule has 2 aliphatic rings. The van der Waals surface area contributed by atoms with Crippen LogP contribution in [0.4, 0.5) is 0 Å². The molecule has 0 spiro atoms. The predicted octanol–water partition coefficient (Wildman–Crippen LogP) is 2.72. The maximum atomic E-state index is 12.5. The first-order chi connectivity index (χ1) is 11.7. The van der Waals surface area contributed by atoms with E-state index in [-0.39, 0.29) is 11.9 Å². The zero-order valence-corrected chi connectivity index (χ0v) is 14.8. The molecule has 1 amide bonds. The summed E-state index contributed by atoms with van der Waals surface area (Å²) < 4.78 is 11.0. The summed E-state index contributed by atoms with van der Waals surface area (Å²) in [5.74, 6) is 0.414. The molecule has 6 heteroatoms. The van der Waals surface area contributed by atoms with Crippen LogP contribution in [0.3, 0.4) is 0 Å². The van der Waals surface area contributed by atoms with Crippen LogP contribution in [0.25, 0.3) is 0 Å². The molecule has 2 heterocycles. The molecule has 24 heavy (non-hydrogen) atoms. The van der Waals surface area contributed by atoms with Crippen LogP contribution in [0.1, 0.15) is 36.0 Å². The van der Waals surface area contributed by atoms with Crippen LogP contribution in [-0.4, -0.2) is 56.3 Å². The maximum Gasteiger partial charge on any atom is 0.255 e. The standard InChI is InChI=1S/C18H25ClN2O3/c1-23-17-11-13(19)4-5-16(17)18(22)20-14-6-8-21(9-7-14)12-15-3-2-10-24-15/h4-5,11,14-15H,2-3,6-10,12H2,1H3,(H,20,22). The SMILES string of the molecule is COc1cc(Cl)ccc1C(=O)NC1CCN(CC2CCCO2)CC1. The third-order valence-electron chi connectivity index (χ3n) is 4.82. The molecule has 5 nitrogen and oxygen atoms in total. The number of amides is 1. The maximum absolute atomic E-state index is 12.5. The van der Waals surface area contributed by atoms with Gasteiger partial charge in [-0.3, -0.25) is 4.79 Å². The predicted molar refractivity (Wildman–Crippen MR) is 93.9 cm³/mol. The lowest BCUT2D eigenvalue weighted by atomic mass is 10.0. The first kappa shape index (κ1) is 17.5. The summed E-state index contributed by atoms with van der Waals surface area (Å²) in [7, 11) is 1.55. The van der Waals surface area contributed by atoms with Crippen molar-refractivity contribution in [2.75, 3.05) is 33.4 Å². The van der Waals surface area contributed by atoms with Gasteiger partial charge in [-0.05, 0) is 43.9 Å². The van der Waals surface area contributed by atoms with Gasteiger partial charge >= 0.3 is 0 Å². The van der Waals surface area contributed by atoms with Gasteiger partial charge in [0, 0.05) is 37.3 Å². The number of hydrogen-bond donors (Lipinski definition) is 1. The van der Waals surface area contributed by atoms with Crippen LogP contribution in [-0.2, 0) is 4.74 Å². The third kappa shape index (κ3) is 4.41. The normalized spacial score (nSPS) is 22.5. The molecule has 2 saturated heterocycles. The molecule has 1 N–H and O–H groups in total. The average Bonchev–Trinajstić information content (AvgIpc) is 3.09. The molecule has 2 fully saturated rings. The monoisotopic (exact) mass is 352 g/mol. The Morgan fingerprint density at radius 2 is 2.17 bits per heavy atom. The highest BCUT2D eigenvalue weighted by atomic mass is 35.5. The molecule has 1 aromatic rings. The van der Waals surface area contributed by atoms with E-state index in [2.05, 4.69) is 10.2 Å². The van der Waals surface area contributed by atoms with Crippen molar-refractivity contribution in [3.05, 3.63) is 28.8 Å². The Morgan fingerprint density at radius 3 is 2.83 bits per heavy atom. The fourth-order valence-electron chi connectivity index (χ4n) is 3.45. The molecule has 132 valence electrons. The number of benzene rings is 1. The molecule has 2 aliphatic heterocycles. The minimum absolute atomic E-state index is 0.0962. The summed E-state index contributed by atoms with van der Waals surface area (Å²) in [6.45, 7) is 3.93. The van der Waals surface area contributed by atoms with E-state index in [4.69, 9.17) is 21.1 Å². The van der Waals surface area contributed by atoms with Crippen molar-refractivity contribution in [1.82, 2.24) is 10.2 Å². The van der Waals surface area contributed by atoms with Gasteiger partial charge in [-0.25, -0.2) is 0 Å². The Morgan fingerprint density at radius 1 is 1.38 bits per heavy atom. The first-order valence-electron chi connectivity index (χ1n) is 8.64. The van der Waals surface area contributed by atoms with Gasteiger partial charge in [-0.15, -0.1) is 0 Å². The molecule has 0 aliphatic carbocycles. The minimum atomic E-state index is -0.0962. The summed E-state index contributed by atoms with van der Waals surface area (Å²) >= 11 is 5.95. The van der Waals surface area contributed by atoms with Gasteiger partial charge in [0.1, 0.15) is 5.75 Å². The number of nitrogens with zero attached hydrogens (tertiary/aromatic N) is 1. The third-order valence-corrected chi connectivity index (χ3v) is 5.05. The Labute approximate surface area is 148 Å². The summed E-state index contributed by atoms with van der Waals surface area (Å²) in [6, 6.07) is 5.30. The lowest BCUT2D eigenvalue weighted by molar-refractivity contribution is 0.0612. The number of halogens is 1. The van der Waals surface area contributed by atoms with E-state index >= 15 is 0 Å². The number of nitrogens with one attached hydrogen (secondary N) is 1. The number of rotatable bonds is 5. The van der Waals surface area contributed by atoms with Crippen LogP contribution < -0.4 is 10.1 Å². The largest absolute Gasteiger partial charge is 0.496 e. The number of carbonyl (C=O) groups is 1. The zero-order valence-electron chi connectivity index (χ0n) is 14.1. The lowest BCUT2D eigenvalue weighted by Gasteiger charge is -2.33. The number of methoxy groups -OCH3 is 1. The van der Waals surface area contributed by atoms with Gasteiger partial charge in [0.25, 0.3) is 5.91 Å². The van der Waals surface area contributed by atoms with Gasteiger partial charge in [0.05, 0.1) is 18.8 Å². The van der Waals surface area contributed by atoms with Crippen molar-refractivity contribution < 1.29 is 14.3 Å². The van der Waals surface area contributed by atoms with E-state index in [1.807, 2.05) is 0 Å². The molecular weight excluding hydrogens is 328 g/mol. The highest BCUT2D eigenvalue weighted by molar-refractivity contribution is 6.30. The van der Waals surface area contributed by atoms with E-state index in [1.54, 1.807) is 25.3 Å². The Kier molecular flexibility index (Phi) is 5.98. The van der Waals surface area contributed by atoms with Gasteiger partial charge in [0.2, 0.25) is 0 Å². The number of hydrogen-bond acceptors (Lipinski definition) is 4. The Hall–Kier alpha value is -1.30. The molecule has 1 atom stereocenters. The van der Waals surface area contributed by atoms with E-state index in [0.29, 0.717) is 22.4 Å². The van der Waals surface area contributed by atoms with Crippen LogP contribution >= 0.6 is 11.6 Å². The van der Waals surface area contributed by atoms with E-state index in [9.17, 15) is 4.79 Å². The van der Waals surface area contributed by atoms with Crippen molar-refractivity contribution >= 4 is 17.5 Å². The van der Waals surface area contributed by atoms with Gasteiger partial charge in [-0.1, -0.05) is 11.6 Å². The summed E-state index contributed by atoms with van der Waals surface area (Å²) in [4.78, 5) is 14.9. The van der Waals surface area contributed by atoms with Gasteiger partial charge in [-0.2, -0.15) is 0 Å². The zero-order chi connectivity index (χ0) is 16.9. The lowest BCUT2D eigenvalue weighted by Crippen LogP contribution is -2.46. The highest BCUT2D eigenvalue weighted by Crippen LogP contribution is 2.24. The van der Waals surface area contributed by atoms with Crippen molar-refractivity contribution in [2.45, 2.75) is 37.8 Å². The van der Waals surface area contributed by atoms with Crippen LogP contribution in [0.15, 0.2) is 18.2 Å². The second kappa shape index (κ2) is 8.19. The smallest absolute Gasteiger partial charge is 0.255 e. The quantitative estimate of drug-likeness (QED) is 0.885. The summed E-state index contributed by atoms with van der Waals surface area (Å²) in [6.07, 6.45) is 4.69. The fourth-order valence-corrected chi connectivity index (χ4v) is 3.61. The molecule has 0 bridgehead atoms. The van der Waals surface area contributed by atoms with Crippen molar-refractivity contribution in [1.29, 1.82) is 0 Å². The summed E-state index contributed by atoms with van der Waals surface area (Å²) in [5.41, 5.74) is 0.531. The van der Waals surface area contributed by atoms with Gasteiger partial charge in [0.15, 0.2) is 0 Å². The van der Waals surface area contributed by atoms with Gasteiger partial charge < -0.3 is 19.7 Å². The molecule has 0 aromatic heterocycles. The topological polar surface area (TPSA) is 50.8 Å². The molecular formula is C18H25ClN2O3. The molecule has 3 rings (SSSR count). The van der Waals surface area contributed by atoms with Crippen LogP contribution in [0, 0.1) is 0 Å².